The summed E-state index contributed by atoms with van der Waals surface area (Å²) in [4.78, 5) is 24.1. The maximum Gasteiger partial charge on any atom is 0.266 e. The highest BCUT2D eigenvalue weighted by Gasteiger charge is 2.29. The van der Waals surface area contributed by atoms with Crippen LogP contribution >= 0.6 is 0 Å². The second-order valence-electron chi connectivity index (χ2n) is 5.41. The van der Waals surface area contributed by atoms with Crippen molar-refractivity contribution >= 4 is 33.2 Å². The van der Waals surface area contributed by atoms with Gasteiger partial charge in [0.05, 0.1) is 17.0 Å². The molecule has 1 heterocycles. The number of carbonyl (C=O) groups excluding carboxylic acids is 2. The van der Waals surface area contributed by atoms with Crippen LogP contribution in [0.2, 0.25) is 0 Å². The third-order valence-corrected chi connectivity index (χ3v) is 4.47. The van der Waals surface area contributed by atoms with Gasteiger partial charge in [-0.3, -0.25) is 9.59 Å². The molecule has 25 heavy (non-hydrogen) atoms. The molecule has 4 N–H and O–H groups in total. The lowest BCUT2D eigenvalue weighted by Gasteiger charge is -2.25. The Labute approximate surface area is 144 Å². The van der Waals surface area contributed by atoms with Gasteiger partial charge in [-0.05, 0) is 36.4 Å². The van der Waals surface area contributed by atoms with Gasteiger partial charge in [0.2, 0.25) is 15.9 Å². The smallest absolute Gasteiger partial charge is 0.266 e. The zero-order valence-corrected chi connectivity index (χ0v) is 13.7. The predicted molar refractivity (Wildman–Crippen MR) is 90.5 cm³/mol. The Morgan fingerprint density at radius 3 is 2.52 bits per heavy atom. The van der Waals surface area contributed by atoms with E-state index in [2.05, 4.69) is 10.6 Å². The van der Waals surface area contributed by atoms with Gasteiger partial charge >= 0.3 is 0 Å². The van der Waals surface area contributed by atoms with Crippen molar-refractivity contribution in [2.75, 3.05) is 10.6 Å². The predicted octanol–water partition coefficient (Wildman–Crippen LogP) is 1.06. The molecule has 3 rings (SSSR count). The van der Waals surface area contributed by atoms with E-state index in [0.717, 1.165) is 0 Å². The van der Waals surface area contributed by atoms with E-state index in [9.17, 15) is 18.0 Å². The van der Waals surface area contributed by atoms with Crippen molar-refractivity contribution in [2.45, 2.75) is 17.4 Å². The molecule has 0 saturated heterocycles. The lowest BCUT2D eigenvalue weighted by Crippen LogP contribution is -2.39. The average Bonchev–Trinajstić information content (AvgIpc) is 2.55. The van der Waals surface area contributed by atoms with Gasteiger partial charge in [0, 0.05) is 5.69 Å². The number of carbonyl (C=O) groups is 2. The normalized spacial score (nSPS) is 16.4. The second kappa shape index (κ2) is 6.54. The van der Waals surface area contributed by atoms with E-state index in [4.69, 9.17) is 9.88 Å². The van der Waals surface area contributed by atoms with E-state index in [0.29, 0.717) is 17.1 Å². The molecule has 9 heteroatoms. The fraction of sp³-hybridized carbons (Fsp3) is 0.125. The summed E-state index contributed by atoms with van der Waals surface area (Å²) >= 11 is 0. The Morgan fingerprint density at radius 1 is 1.16 bits per heavy atom. The van der Waals surface area contributed by atoms with Crippen molar-refractivity contribution in [3.63, 3.8) is 0 Å². The number of hydrogen-bond donors (Lipinski definition) is 3. The van der Waals surface area contributed by atoms with Gasteiger partial charge in [-0.15, -0.1) is 0 Å². The minimum Gasteiger partial charge on any atom is -0.478 e. The molecule has 1 aliphatic rings. The summed E-state index contributed by atoms with van der Waals surface area (Å²) in [7, 11) is -3.79. The topological polar surface area (TPSA) is 128 Å². The van der Waals surface area contributed by atoms with Gasteiger partial charge in [-0.25, -0.2) is 13.6 Å². The molecular formula is C16H15N3O5S. The van der Waals surface area contributed by atoms with Gasteiger partial charge in [0.1, 0.15) is 5.75 Å². The number of primary sulfonamides is 1. The minimum absolute atomic E-state index is 0.0582. The maximum atomic E-state index is 12.1. The molecule has 0 aliphatic carbocycles. The molecule has 0 radical (unpaired) electrons. The Balaban J connectivity index is 1.64. The molecular weight excluding hydrogens is 346 g/mol. The number of benzene rings is 2. The van der Waals surface area contributed by atoms with Crippen LogP contribution in [0.1, 0.15) is 6.42 Å². The minimum atomic E-state index is -3.79. The first-order chi connectivity index (χ1) is 11.8. The summed E-state index contributed by atoms with van der Waals surface area (Å²) in [5.41, 5.74) is 0.941. The SMILES string of the molecule is NS(=O)(=O)c1ccc(NC(=O)CC2Oc3ccccc3NC2=O)cc1. The highest BCUT2D eigenvalue weighted by molar-refractivity contribution is 7.89. The molecule has 2 aromatic rings. The summed E-state index contributed by atoms with van der Waals surface area (Å²) in [5, 5.41) is 10.3. The third-order valence-electron chi connectivity index (χ3n) is 3.54. The van der Waals surface area contributed by atoms with Crippen LogP contribution in [0.4, 0.5) is 11.4 Å². The third kappa shape index (κ3) is 3.95. The monoisotopic (exact) mass is 361 g/mol. The molecule has 0 spiro atoms. The van der Waals surface area contributed by atoms with Crippen LogP contribution in [-0.4, -0.2) is 26.3 Å². The molecule has 0 aromatic heterocycles. The van der Waals surface area contributed by atoms with E-state index in [1.165, 1.54) is 24.3 Å². The lowest BCUT2D eigenvalue weighted by molar-refractivity contribution is -0.128. The van der Waals surface area contributed by atoms with Crippen LogP contribution < -0.4 is 20.5 Å². The zero-order chi connectivity index (χ0) is 18.0. The molecule has 0 fully saturated rings. The van der Waals surface area contributed by atoms with Crippen LogP contribution in [-0.2, 0) is 19.6 Å². The average molecular weight is 361 g/mol. The zero-order valence-electron chi connectivity index (χ0n) is 12.9. The van der Waals surface area contributed by atoms with E-state index < -0.39 is 27.9 Å². The van der Waals surface area contributed by atoms with Gasteiger partial charge < -0.3 is 15.4 Å². The summed E-state index contributed by atoms with van der Waals surface area (Å²) < 4.78 is 27.9. The Bertz CT molecular complexity index is 925. The van der Waals surface area contributed by atoms with Crippen molar-refractivity contribution in [3.05, 3.63) is 48.5 Å². The molecule has 1 atom stereocenters. The number of nitrogens with two attached hydrogens (primary N) is 1. The first-order valence-electron chi connectivity index (χ1n) is 7.32. The lowest BCUT2D eigenvalue weighted by atomic mass is 10.1. The van der Waals surface area contributed by atoms with Gasteiger partial charge in [0.25, 0.3) is 5.91 Å². The van der Waals surface area contributed by atoms with Crippen molar-refractivity contribution < 1.29 is 22.7 Å². The fourth-order valence-corrected chi connectivity index (χ4v) is 2.85. The van der Waals surface area contributed by atoms with Crippen molar-refractivity contribution in [1.82, 2.24) is 0 Å². The van der Waals surface area contributed by atoms with Crippen molar-refractivity contribution in [2.24, 2.45) is 5.14 Å². The van der Waals surface area contributed by atoms with Gasteiger partial charge in [-0.2, -0.15) is 0 Å². The maximum absolute atomic E-state index is 12.1. The number of rotatable bonds is 4. The van der Waals surface area contributed by atoms with Crippen LogP contribution in [0.5, 0.6) is 5.75 Å². The first-order valence-corrected chi connectivity index (χ1v) is 8.87. The molecule has 0 saturated carbocycles. The number of fused-ring (bicyclic) bond motifs is 1. The van der Waals surface area contributed by atoms with Crippen LogP contribution in [0, 0.1) is 0 Å². The Kier molecular flexibility index (Phi) is 4.43. The fourth-order valence-electron chi connectivity index (χ4n) is 2.34. The Hall–Kier alpha value is -2.91. The standard InChI is InChI=1S/C16H15N3O5S/c17-25(22,23)11-7-5-10(6-8-11)18-15(20)9-14-16(21)19-12-3-1-2-4-13(12)24-14/h1-8,14H,9H2,(H,18,20)(H,19,21)(H2,17,22,23). The molecule has 2 amide bonds. The quantitative estimate of drug-likeness (QED) is 0.750. The number of amides is 2. The summed E-state index contributed by atoms with van der Waals surface area (Å²) in [6, 6.07) is 12.3. The van der Waals surface area contributed by atoms with Crippen LogP contribution in [0.3, 0.4) is 0 Å². The number of sulfonamides is 1. The number of anilines is 2. The summed E-state index contributed by atoms with van der Waals surface area (Å²) in [6.45, 7) is 0. The van der Waals surface area contributed by atoms with E-state index in [1.807, 2.05) is 0 Å². The number of hydrogen-bond acceptors (Lipinski definition) is 5. The molecule has 1 unspecified atom stereocenters. The number of para-hydroxylation sites is 2. The molecule has 1 aliphatic heterocycles. The highest BCUT2D eigenvalue weighted by atomic mass is 32.2. The first kappa shape index (κ1) is 16.9. The van der Waals surface area contributed by atoms with Crippen LogP contribution in [0.15, 0.2) is 53.4 Å². The van der Waals surface area contributed by atoms with Gasteiger partial charge in [0.15, 0.2) is 6.10 Å². The van der Waals surface area contributed by atoms with Crippen molar-refractivity contribution in [3.8, 4) is 5.75 Å². The van der Waals surface area contributed by atoms with Crippen molar-refractivity contribution in [1.29, 1.82) is 0 Å². The van der Waals surface area contributed by atoms with Crippen LogP contribution in [0.25, 0.3) is 0 Å². The second-order valence-corrected chi connectivity index (χ2v) is 6.98. The molecule has 130 valence electrons. The van der Waals surface area contributed by atoms with E-state index in [-0.39, 0.29) is 11.3 Å². The largest absolute Gasteiger partial charge is 0.478 e. The summed E-state index contributed by atoms with van der Waals surface area (Å²) in [5.74, 6) is -0.348. The van der Waals surface area contributed by atoms with E-state index >= 15 is 0 Å². The molecule has 8 nitrogen and oxygen atoms in total. The Morgan fingerprint density at radius 2 is 1.84 bits per heavy atom. The molecule has 0 bridgehead atoms. The molecule has 2 aromatic carbocycles. The van der Waals surface area contributed by atoms with E-state index in [1.54, 1.807) is 24.3 Å². The summed E-state index contributed by atoms with van der Waals surface area (Å²) in [6.07, 6.45) is -1.13. The number of nitrogens with one attached hydrogen (secondary N) is 2. The number of ether oxygens (including phenoxy) is 1. The van der Waals surface area contributed by atoms with Gasteiger partial charge in [-0.1, -0.05) is 12.1 Å². The highest BCUT2D eigenvalue weighted by Crippen LogP contribution is 2.29.